The van der Waals surface area contributed by atoms with E-state index in [0.717, 1.165) is 40.3 Å². The number of amides is 5. The molecule has 48 heavy (non-hydrogen) atoms. The summed E-state index contributed by atoms with van der Waals surface area (Å²) < 4.78 is 1.92. The summed E-state index contributed by atoms with van der Waals surface area (Å²) in [5, 5.41) is 10.5. The Morgan fingerprint density at radius 1 is 0.958 bits per heavy atom. The van der Waals surface area contributed by atoms with Gasteiger partial charge < -0.3 is 20.1 Å². The third-order valence-electron chi connectivity index (χ3n) is 9.56. The molecule has 3 aromatic heterocycles. The van der Waals surface area contributed by atoms with Gasteiger partial charge in [0.05, 0.1) is 23.3 Å². The number of piperidine rings is 1. The van der Waals surface area contributed by atoms with Gasteiger partial charge in [-0.05, 0) is 72.9 Å². The second kappa shape index (κ2) is 11.4. The number of para-hydroxylation sites is 1. The Bertz CT molecular complexity index is 2120. The summed E-state index contributed by atoms with van der Waals surface area (Å²) in [5.74, 6) is -1.51. The van der Waals surface area contributed by atoms with E-state index in [1.165, 1.54) is 4.90 Å². The number of hydrogen-bond donors (Lipinski definition) is 3. The van der Waals surface area contributed by atoms with Crippen molar-refractivity contribution < 1.29 is 24.0 Å². The maximum absolute atomic E-state index is 13.4. The number of nitrogens with zero attached hydrogens (tertiary/aromatic N) is 4. The Hall–Kier alpha value is -5.91. The number of fused-ring (bicyclic) bond motifs is 4. The summed E-state index contributed by atoms with van der Waals surface area (Å²) in [4.78, 5) is 73.9. The Kier molecular flexibility index (Phi) is 7.01. The number of pyridine rings is 2. The van der Waals surface area contributed by atoms with Crippen molar-refractivity contribution in [3.8, 4) is 0 Å². The van der Waals surface area contributed by atoms with Crippen LogP contribution in [-0.4, -0.2) is 55.0 Å². The Morgan fingerprint density at radius 3 is 2.58 bits per heavy atom. The molecule has 0 bridgehead atoms. The van der Waals surface area contributed by atoms with Crippen molar-refractivity contribution in [3.05, 3.63) is 107 Å². The first-order valence-corrected chi connectivity index (χ1v) is 15.9. The van der Waals surface area contributed by atoms with Crippen LogP contribution in [0, 0.1) is 0 Å². The average Bonchev–Trinajstić information content (AvgIpc) is 3.72. The molecule has 3 aliphatic rings. The standard InChI is InChI=1S/C36H31N7O5/c44-30-12-11-29(34(47)40-30)43-19-22-16-21(7-10-25(22)35(43)48)33(46)41-36(13-14-36)23-8-9-24(38-17-23)18-39-31(45)20-42-28-6-2-1-4-26(28)27-5-3-15-37-32(27)42/h1-10,15-17,29H,11-14,18-20H2,(H,39,45)(H,41,46)(H,40,44,47). The van der Waals surface area contributed by atoms with Gasteiger partial charge in [-0.25, -0.2) is 4.98 Å². The zero-order chi connectivity index (χ0) is 33.0. The van der Waals surface area contributed by atoms with Crippen LogP contribution in [0.15, 0.2) is 79.1 Å². The van der Waals surface area contributed by atoms with Gasteiger partial charge in [0, 0.05) is 47.3 Å². The van der Waals surface area contributed by atoms with Crippen LogP contribution in [0.1, 0.15) is 63.2 Å². The summed E-state index contributed by atoms with van der Waals surface area (Å²) in [5.41, 5.74) is 4.28. The lowest BCUT2D eigenvalue weighted by molar-refractivity contribution is -0.137. The molecule has 1 unspecified atom stereocenters. The van der Waals surface area contributed by atoms with E-state index in [1.54, 1.807) is 30.6 Å². The van der Waals surface area contributed by atoms with E-state index >= 15 is 0 Å². The minimum absolute atomic E-state index is 0.125. The number of rotatable bonds is 8. The molecule has 0 spiro atoms. The third kappa shape index (κ3) is 5.15. The predicted molar refractivity (Wildman–Crippen MR) is 174 cm³/mol. The average molecular weight is 642 g/mol. The van der Waals surface area contributed by atoms with Crippen LogP contribution in [0.4, 0.5) is 0 Å². The fourth-order valence-electron chi connectivity index (χ4n) is 6.85. The molecule has 5 heterocycles. The molecule has 8 rings (SSSR count). The Labute approximate surface area is 274 Å². The first-order chi connectivity index (χ1) is 23.3. The molecule has 5 aromatic rings. The molecule has 240 valence electrons. The van der Waals surface area contributed by atoms with Gasteiger partial charge in [0.2, 0.25) is 17.7 Å². The lowest BCUT2D eigenvalue weighted by Gasteiger charge is -2.29. The van der Waals surface area contributed by atoms with Gasteiger partial charge in [0.25, 0.3) is 11.8 Å². The van der Waals surface area contributed by atoms with Crippen molar-refractivity contribution in [1.82, 2.24) is 35.4 Å². The summed E-state index contributed by atoms with van der Waals surface area (Å²) in [6.45, 7) is 0.580. The molecule has 1 saturated heterocycles. The van der Waals surface area contributed by atoms with Crippen molar-refractivity contribution in [2.45, 2.75) is 56.9 Å². The van der Waals surface area contributed by atoms with E-state index in [9.17, 15) is 24.0 Å². The highest BCUT2D eigenvalue weighted by Crippen LogP contribution is 2.45. The zero-order valence-corrected chi connectivity index (χ0v) is 25.9. The second-order valence-electron chi connectivity index (χ2n) is 12.6. The first-order valence-electron chi connectivity index (χ1n) is 15.9. The van der Waals surface area contributed by atoms with E-state index in [-0.39, 0.29) is 56.1 Å². The zero-order valence-electron chi connectivity index (χ0n) is 25.9. The van der Waals surface area contributed by atoms with E-state index in [0.29, 0.717) is 22.4 Å². The van der Waals surface area contributed by atoms with Crippen LogP contribution >= 0.6 is 0 Å². The van der Waals surface area contributed by atoms with Crippen LogP contribution in [0.3, 0.4) is 0 Å². The molecule has 2 aliphatic heterocycles. The number of aromatic nitrogens is 3. The van der Waals surface area contributed by atoms with Crippen LogP contribution < -0.4 is 16.0 Å². The van der Waals surface area contributed by atoms with E-state index < -0.39 is 17.5 Å². The van der Waals surface area contributed by atoms with E-state index in [1.807, 2.05) is 53.1 Å². The molecule has 12 heteroatoms. The molecular formula is C36H31N7O5. The minimum Gasteiger partial charge on any atom is -0.349 e. The molecule has 12 nitrogen and oxygen atoms in total. The highest BCUT2D eigenvalue weighted by atomic mass is 16.2. The number of carbonyl (C=O) groups is 5. The van der Waals surface area contributed by atoms with Crippen molar-refractivity contribution in [1.29, 1.82) is 0 Å². The van der Waals surface area contributed by atoms with Crippen molar-refractivity contribution in [2.24, 2.45) is 0 Å². The van der Waals surface area contributed by atoms with Crippen LogP contribution in [0.25, 0.3) is 21.9 Å². The van der Waals surface area contributed by atoms with E-state index in [4.69, 9.17) is 0 Å². The summed E-state index contributed by atoms with van der Waals surface area (Å²) in [7, 11) is 0. The van der Waals surface area contributed by atoms with Gasteiger partial charge in [0.1, 0.15) is 18.2 Å². The maximum Gasteiger partial charge on any atom is 0.255 e. The topological polar surface area (TPSA) is 155 Å². The Morgan fingerprint density at radius 2 is 1.79 bits per heavy atom. The van der Waals surface area contributed by atoms with Crippen molar-refractivity contribution >= 4 is 51.5 Å². The monoisotopic (exact) mass is 641 g/mol. The van der Waals surface area contributed by atoms with Gasteiger partial charge in [0.15, 0.2) is 0 Å². The number of benzene rings is 2. The highest BCUT2D eigenvalue weighted by Gasteiger charge is 2.46. The minimum atomic E-state index is -0.712. The van der Waals surface area contributed by atoms with Gasteiger partial charge in [-0.2, -0.15) is 0 Å². The van der Waals surface area contributed by atoms with Crippen LogP contribution in [0.2, 0.25) is 0 Å². The highest BCUT2D eigenvalue weighted by molar-refractivity contribution is 6.08. The molecule has 0 radical (unpaired) electrons. The smallest absolute Gasteiger partial charge is 0.255 e. The molecule has 1 saturated carbocycles. The number of hydrogen-bond acceptors (Lipinski definition) is 7. The molecular weight excluding hydrogens is 610 g/mol. The fourth-order valence-corrected chi connectivity index (χ4v) is 6.85. The molecule has 1 aliphatic carbocycles. The quantitative estimate of drug-likeness (QED) is 0.220. The summed E-state index contributed by atoms with van der Waals surface area (Å²) in [6.07, 6.45) is 5.44. The predicted octanol–water partition coefficient (Wildman–Crippen LogP) is 3.08. The van der Waals surface area contributed by atoms with Gasteiger partial charge in [-0.1, -0.05) is 24.3 Å². The second-order valence-corrected chi connectivity index (χ2v) is 12.6. The molecule has 3 N–H and O–H groups in total. The molecule has 5 amide bonds. The first kappa shape index (κ1) is 29.5. The number of imide groups is 1. The van der Waals surface area contributed by atoms with Crippen molar-refractivity contribution in [2.75, 3.05) is 0 Å². The molecule has 2 fully saturated rings. The van der Waals surface area contributed by atoms with E-state index in [2.05, 4.69) is 25.9 Å². The van der Waals surface area contributed by atoms with Crippen LogP contribution in [0.5, 0.6) is 0 Å². The maximum atomic E-state index is 13.4. The third-order valence-corrected chi connectivity index (χ3v) is 9.56. The summed E-state index contributed by atoms with van der Waals surface area (Å²) in [6, 6.07) is 19.9. The van der Waals surface area contributed by atoms with Gasteiger partial charge >= 0.3 is 0 Å². The van der Waals surface area contributed by atoms with Crippen molar-refractivity contribution in [3.63, 3.8) is 0 Å². The number of nitrogens with one attached hydrogen (secondary N) is 3. The molecule has 1 atom stereocenters. The fraction of sp³-hybridized carbons (Fsp3) is 0.250. The summed E-state index contributed by atoms with van der Waals surface area (Å²) >= 11 is 0. The Balaban J connectivity index is 0.898. The normalized spacial score (nSPS) is 18.1. The SMILES string of the molecule is O=C(Cn1c2ccccc2c2cccnc21)NCc1ccc(C2(NC(=O)c3ccc4c(c3)CN(C3CCC(=O)NC3=O)C4=O)CC2)cn1. The lowest BCUT2D eigenvalue weighted by atomic mass is 10.0. The van der Waals surface area contributed by atoms with Gasteiger partial charge in [-0.15, -0.1) is 0 Å². The van der Waals surface area contributed by atoms with Gasteiger partial charge in [-0.3, -0.25) is 34.3 Å². The number of carbonyl (C=O) groups excluding carboxylic acids is 5. The molecule has 2 aromatic carbocycles. The van der Waals surface area contributed by atoms with Crippen LogP contribution in [-0.2, 0) is 39.6 Å². The lowest BCUT2D eigenvalue weighted by Crippen LogP contribution is -2.52. The largest absolute Gasteiger partial charge is 0.349 e.